The number of anilines is 1. The summed E-state index contributed by atoms with van der Waals surface area (Å²) in [5, 5.41) is 5.86. The van der Waals surface area contributed by atoms with Gasteiger partial charge in [0, 0.05) is 11.4 Å². The SMILES string of the molecule is CSc1ccccc1NC(=O)C[NH+](C)[C@@H](C)C(=O)NCc1ccccc1. The molecule has 1 unspecified atom stereocenters. The summed E-state index contributed by atoms with van der Waals surface area (Å²) >= 11 is 1.59. The molecule has 5 nitrogen and oxygen atoms in total. The number of likely N-dealkylation sites (N-methyl/N-ethyl adjacent to an activating group) is 1. The molecule has 0 aliphatic heterocycles. The molecule has 2 aromatic carbocycles. The lowest BCUT2D eigenvalue weighted by Gasteiger charge is -2.21. The zero-order valence-electron chi connectivity index (χ0n) is 15.4. The molecule has 6 heteroatoms. The van der Waals surface area contributed by atoms with E-state index in [1.54, 1.807) is 11.8 Å². The number of hydrogen-bond acceptors (Lipinski definition) is 3. The third-order valence-corrected chi connectivity index (χ3v) is 5.06. The highest BCUT2D eigenvalue weighted by Gasteiger charge is 2.23. The van der Waals surface area contributed by atoms with Crippen molar-refractivity contribution >= 4 is 29.3 Å². The predicted octanol–water partition coefficient (Wildman–Crippen LogP) is 1.57. The Labute approximate surface area is 159 Å². The minimum absolute atomic E-state index is 0.0660. The van der Waals surface area contributed by atoms with Crippen LogP contribution in [0.25, 0.3) is 0 Å². The van der Waals surface area contributed by atoms with Crippen LogP contribution < -0.4 is 15.5 Å². The van der Waals surface area contributed by atoms with Gasteiger partial charge in [-0.05, 0) is 30.9 Å². The van der Waals surface area contributed by atoms with Gasteiger partial charge in [-0.15, -0.1) is 11.8 Å². The van der Waals surface area contributed by atoms with E-state index in [4.69, 9.17) is 0 Å². The van der Waals surface area contributed by atoms with Gasteiger partial charge in [-0.1, -0.05) is 42.5 Å². The Morgan fingerprint density at radius 2 is 1.73 bits per heavy atom. The van der Waals surface area contributed by atoms with Crippen LogP contribution in [-0.4, -0.2) is 37.7 Å². The Kier molecular flexibility index (Phi) is 7.69. The van der Waals surface area contributed by atoms with Gasteiger partial charge in [0.15, 0.2) is 12.6 Å². The maximum Gasteiger partial charge on any atom is 0.279 e. The maximum atomic E-state index is 12.3. The van der Waals surface area contributed by atoms with Gasteiger partial charge in [0.25, 0.3) is 11.8 Å². The molecule has 0 fully saturated rings. The lowest BCUT2D eigenvalue weighted by atomic mass is 10.2. The monoisotopic (exact) mass is 372 g/mol. The molecule has 0 saturated heterocycles. The Morgan fingerprint density at radius 1 is 1.08 bits per heavy atom. The van der Waals surface area contributed by atoms with Gasteiger partial charge in [0.2, 0.25) is 0 Å². The predicted molar refractivity (Wildman–Crippen MR) is 106 cm³/mol. The number of amides is 2. The fourth-order valence-corrected chi connectivity index (χ4v) is 3.06. The van der Waals surface area contributed by atoms with E-state index in [1.807, 2.05) is 74.8 Å². The molecule has 0 spiro atoms. The van der Waals surface area contributed by atoms with Crippen LogP contribution in [-0.2, 0) is 16.1 Å². The molecule has 0 saturated carbocycles. The van der Waals surface area contributed by atoms with Gasteiger partial charge in [0.1, 0.15) is 0 Å². The fraction of sp³-hybridized carbons (Fsp3) is 0.300. The smallest absolute Gasteiger partial charge is 0.279 e. The number of carbonyl (C=O) groups is 2. The van der Waals surface area contributed by atoms with Gasteiger partial charge in [0.05, 0.1) is 12.7 Å². The van der Waals surface area contributed by atoms with E-state index in [2.05, 4.69) is 10.6 Å². The summed E-state index contributed by atoms with van der Waals surface area (Å²) < 4.78 is 0. The van der Waals surface area contributed by atoms with Crippen LogP contribution >= 0.6 is 11.8 Å². The van der Waals surface area contributed by atoms with Crippen molar-refractivity contribution in [2.75, 3.05) is 25.2 Å². The summed E-state index contributed by atoms with van der Waals surface area (Å²) in [4.78, 5) is 26.5. The molecule has 0 radical (unpaired) electrons. The molecule has 26 heavy (non-hydrogen) atoms. The highest BCUT2D eigenvalue weighted by molar-refractivity contribution is 7.98. The number of benzene rings is 2. The van der Waals surface area contributed by atoms with Crippen LogP contribution in [0, 0.1) is 0 Å². The third-order valence-electron chi connectivity index (χ3n) is 4.26. The largest absolute Gasteiger partial charge is 0.347 e. The van der Waals surface area contributed by atoms with Gasteiger partial charge in [-0.3, -0.25) is 9.59 Å². The van der Waals surface area contributed by atoms with Crippen molar-refractivity contribution in [2.24, 2.45) is 0 Å². The number of rotatable bonds is 8. The fourth-order valence-electron chi connectivity index (χ4n) is 2.51. The van der Waals surface area contributed by atoms with Crippen molar-refractivity contribution in [1.82, 2.24) is 5.32 Å². The lowest BCUT2D eigenvalue weighted by Crippen LogP contribution is -3.15. The van der Waals surface area contributed by atoms with Crippen LogP contribution in [0.15, 0.2) is 59.5 Å². The van der Waals surface area contributed by atoms with Crippen molar-refractivity contribution in [3.05, 3.63) is 60.2 Å². The quantitative estimate of drug-likeness (QED) is 0.617. The lowest BCUT2D eigenvalue weighted by molar-refractivity contribution is -0.885. The van der Waals surface area contributed by atoms with Gasteiger partial charge in [-0.2, -0.15) is 0 Å². The van der Waals surface area contributed by atoms with Gasteiger partial charge >= 0.3 is 0 Å². The van der Waals surface area contributed by atoms with Crippen molar-refractivity contribution in [1.29, 1.82) is 0 Å². The first-order valence-corrected chi connectivity index (χ1v) is 9.80. The number of para-hydroxylation sites is 1. The highest BCUT2D eigenvalue weighted by atomic mass is 32.2. The molecular weight excluding hydrogens is 346 g/mol. The summed E-state index contributed by atoms with van der Waals surface area (Å²) in [7, 11) is 1.85. The molecule has 2 rings (SSSR count). The summed E-state index contributed by atoms with van der Waals surface area (Å²) in [6.45, 7) is 2.55. The molecule has 0 bridgehead atoms. The molecular formula is C20H26N3O2S+. The van der Waals surface area contributed by atoms with Crippen LogP contribution in [0.4, 0.5) is 5.69 Å². The number of thioether (sulfide) groups is 1. The average Bonchev–Trinajstić information content (AvgIpc) is 2.66. The number of hydrogen-bond donors (Lipinski definition) is 3. The summed E-state index contributed by atoms with van der Waals surface area (Å²) in [5.41, 5.74) is 1.86. The Bertz CT molecular complexity index is 737. The van der Waals surface area contributed by atoms with E-state index in [9.17, 15) is 9.59 Å². The maximum absolute atomic E-state index is 12.3. The van der Waals surface area contributed by atoms with Crippen molar-refractivity contribution < 1.29 is 14.5 Å². The molecule has 138 valence electrons. The Hall–Kier alpha value is -2.31. The number of carbonyl (C=O) groups excluding carboxylic acids is 2. The Morgan fingerprint density at radius 3 is 2.42 bits per heavy atom. The van der Waals surface area contributed by atoms with Crippen molar-refractivity contribution in [3.63, 3.8) is 0 Å². The molecule has 3 N–H and O–H groups in total. The van der Waals surface area contributed by atoms with E-state index in [0.717, 1.165) is 21.0 Å². The Balaban J connectivity index is 1.84. The third kappa shape index (κ3) is 5.89. The standard InChI is InChI=1S/C20H25N3O2S/c1-15(20(25)21-13-16-9-5-4-6-10-16)23(2)14-19(24)22-17-11-7-8-12-18(17)26-3/h4-12,15H,13-14H2,1-3H3,(H,21,25)(H,22,24)/p+1/t15-/m0/s1. The second-order valence-electron chi connectivity index (χ2n) is 6.20. The second-order valence-corrected chi connectivity index (χ2v) is 7.04. The van der Waals surface area contributed by atoms with E-state index in [1.165, 1.54) is 0 Å². The molecule has 0 aliphatic carbocycles. The van der Waals surface area contributed by atoms with Crippen LogP contribution in [0.3, 0.4) is 0 Å². The zero-order chi connectivity index (χ0) is 18.9. The molecule has 2 atom stereocenters. The summed E-state index contributed by atoms with van der Waals surface area (Å²) in [6.07, 6.45) is 1.97. The zero-order valence-corrected chi connectivity index (χ0v) is 16.2. The average molecular weight is 373 g/mol. The second kappa shape index (κ2) is 9.99. The van der Waals surface area contributed by atoms with Crippen molar-refractivity contribution in [2.45, 2.75) is 24.4 Å². The van der Waals surface area contributed by atoms with Gasteiger partial charge in [-0.25, -0.2) is 0 Å². The van der Waals surface area contributed by atoms with E-state index in [-0.39, 0.29) is 24.4 Å². The first-order valence-electron chi connectivity index (χ1n) is 8.58. The summed E-state index contributed by atoms with van der Waals surface area (Å²) in [5.74, 6) is -0.171. The molecule has 2 aromatic rings. The minimum Gasteiger partial charge on any atom is -0.347 e. The molecule has 0 aliphatic rings. The van der Waals surface area contributed by atoms with E-state index >= 15 is 0 Å². The highest BCUT2D eigenvalue weighted by Crippen LogP contribution is 2.24. The van der Waals surface area contributed by atoms with E-state index < -0.39 is 0 Å². The van der Waals surface area contributed by atoms with Crippen LogP contribution in [0.5, 0.6) is 0 Å². The van der Waals surface area contributed by atoms with Crippen LogP contribution in [0.1, 0.15) is 12.5 Å². The topological polar surface area (TPSA) is 62.6 Å². The normalized spacial score (nSPS) is 12.9. The minimum atomic E-state index is -0.319. The van der Waals surface area contributed by atoms with Crippen LogP contribution in [0.2, 0.25) is 0 Å². The number of quaternary nitrogens is 1. The molecule has 2 amide bonds. The molecule has 0 aromatic heterocycles. The van der Waals surface area contributed by atoms with Crippen molar-refractivity contribution in [3.8, 4) is 0 Å². The molecule has 0 heterocycles. The first-order chi connectivity index (χ1) is 12.5. The number of nitrogens with one attached hydrogen (secondary N) is 3. The summed E-state index contributed by atoms with van der Waals surface area (Å²) in [6, 6.07) is 17.1. The van der Waals surface area contributed by atoms with E-state index in [0.29, 0.717) is 6.54 Å². The first kappa shape index (κ1) is 20.0. The van der Waals surface area contributed by atoms with Gasteiger partial charge < -0.3 is 15.5 Å².